The molecular weight excluding hydrogens is 282 g/mol. The van der Waals surface area contributed by atoms with Crippen molar-refractivity contribution >= 4 is 18.0 Å². The molecule has 0 heterocycles. The number of ether oxygens (including phenoxy) is 2. The lowest BCUT2D eigenvalue weighted by Crippen LogP contribution is -2.36. The van der Waals surface area contributed by atoms with Crippen molar-refractivity contribution in [3.63, 3.8) is 0 Å². The summed E-state index contributed by atoms with van der Waals surface area (Å²) in [6.45, 7) is 1.72. The van der Waals surface area contributed by atoms with Crippen molar-refractivity contribution in [3.05, 3.63) is 35.9 Å². The van der Waals surface area contributed by atoms with Gasteiger partial charge in [-0.05, 0) is 49.5 Å². The first-order valence-corrected chi connectivity index (χ1v) is 7.36. The van der Waals surface area contributed by atoms with Crippen LogP contribution in [0.1, 0.15) is 25.3 Å². The highest BCUT2D eigenvalue weighted by molar-refractivity contribution is 5.89. The molecule has 5 nitrogen and oxygen atoms in total. The smallest absolute Gasteiger partial charge is 0.331 e. The van der Waals surface area contributed by atoms with Gasteiger partial charge in [-0.15, -0.1) is 0 Å². The van der Waals surface area contributed by atoms with E-state index in [4.69, 9.17) is 9.47 Å². The zero-order valence-electron chi connectivity index (χ0n) is 12.9. The summed E-state index contributed by atoms with van der Waals surface area (Å²) in [7, 11) is 1.58. The predicted molar refractivity (Wildman–Crippen MR) is 83.3 cm³/mol. The van der Waals surface area contributed by atoms with Crippen molar-refractivity contribution < 1.29 is 19.1 Å². The van der Waals surface area contributed by atoms with Gasteiger partial charge in [0.1, 0.15) is 5.75 Å². The van der Waals surface area contributed by atoms with Gasteiger partial charge in [0, 0.05) is 12.1 Å². The first kappa shape index (κ1) is 16.1. The van der Waals surface area contributed by atoms with Crippen molar-refractivity contribution in [2.45, 2.75) is 25.8 Å². The number of hydrogen-bond donors (Lipinski definition) is 1. The van der Waals surface area contributed by atoms with Gasteiger partial charge in [0.15, 0.2) is 6.61 Å². The Bertz CT molecular complexity index is 564. The summed E-state index contributed by atoms with van der Waals surface area (Å²) in [5.41, 5.74) is 0.822. The molecule has 0 aliphatic heterocycles. The summed E-state index contributed by atoms with van der Waals surface area (Å²) in [6.07, 6.45) is 5.23. The van der Waals surface area contributed by atoms with E-state index in [0.29, 0.717) is 11.7 Å². The van der Waals surface area contributed by atoms with E-state index in [0.717, 1.165) is 18.4 Å². The maximum absolute atomic E-state index is 11.6. The Kier molecular flexibility index (Phi) is 5.58. The summed E-state index contributed by atoms with van der Waals surface area (Å²) < 4.78 is 10.0. The Morgan fingerprint density at radius 1 is 1.41 bits per heavy atom. The average Bonchev–Trinajstić information content (AvgIpc) is 3.36. The maximum Gasteiger partial charge on any atom is 0.331 e. The van der Waals surface area contributed by atoms with Gasteiger partial charge in [-0.25, -0.2) is 4.79 Å². The van der Waals surface area contributed by atoms with Gasteiger partial charge in [-0.3, -0.25) is 4.79 Å². The van der Waals surface area contributed by atoms with E-state index in [1.807, 2.05) is 25.1 Å². The summed E-state index contributed by atoms with van der Waals surface area (Å²) in [4.78, 5) is 23.2. The van der Waals surface area contributed by atoms with Gasteiger partial charge in [-0.1, -0.05) is 12.1 Å². The molecule has 2 rings (SSSR count). The van der Waals surface area contributed by atoms with Crippen molar-refractivity contribution in [2.24, 2.45) is 5.92 Å². The van der Waals surface area contributed by atoms with Crippen LogP contribution >= 0.6 is 0 Å². The van der Waals surface area contributed by atoms with E-state index >= 15 is 0 Å². The maximum atomic E-state index is 11.6. The Morgan fingerprint density at radius 2 is 2.18 bits per heavy atom. The highest BCUT2D eigenvalue weighted by Gasteiger charge is 2.28. The van der Waals surface area contributed by atoms with Crippen LogP contribution in [0, 0.1) is 5.92 Å². The highest BCUT2D eigenvalue weighted by atomic mass is 16.5. The van der Waals surface area contributed by atoms with Crippen molar-refractivity contribution in [2.75, 3.05) is 13.7 Å². The third-order valence-corrected chi connectivity index (χ3v) is 3.57. The lowest BCUT2D eigenvalue weighted by atomic mass is 10.2. The fraction of sp³-hybridized carbons (Fsp3) is 0.412. The molecule has 1 aromatic rings. The topological polar surface area (TPSA) is 64.6 Å². The van der Waals surface area contributed by atoms with Gasteiger partial charge in [0.25, 0.3) is 5.91 Å². The van der Waals surface area contributed by atoms with Crippen LogP contribution in [0.3, 0.4) is 0 Å². The second kappa shape index (κ2) is 7.64. The number of carbonyl (C=O) groups is 2. The van der Waals surface area contributed by atoms with Crippen LogP contribution in [0.5, 0.6) is 5.75 Å². The van der Waals surface area contributed by atoms with E-state index in [1.54, 1.807) is 19.3 Å². The summed E-state index contributed by atoms with van der Waals surface area (Å²) in [5.74, 6) is 0.483. The van der Waals surface area contributed by atoms with Crippen LogP contribution in [0.4, 0.5) is 0 Å². The van der Waals surface area contributed by atoms with Gasteiger partial charge in [-0.2, -0.15) is 0 Å². The minimum absolute atomic E-state index is 0.151. The van der Waals surface area contributed by atoms with E-state index in [-0.39, 0.29) is 18.6 Å². The van der Waals surface area contributed by atoms with Crippen LogP contribution in [0.15, 0.2) is 30.3 Å². The Morgan fingerprint density at radius 3 is 2.86 bits per heavy atom. The zero-order valence-corrected chi connectivity index (χ0v) is 12.9. The fourth-order valence-corrected chi connectivity index (χ4v) is 2.10. The molecule has 1 saturated carbocycles. The highest BCUT2D eigenvalue weighted by Crippen LogP contribution is 2.32. The minimum Gasteiger partial charge on any atom is -0.497 e. The van der Waals surface area contributed by atoms with E-state index < -0.39 is 5.97 Å². The molecule has 1 amide bonds. The first-order chi connectivity index (χ1) is 10.6. The number of esters is 1. The number of rotatable bonds is 7. The lowest BCUT2D eigenvalue weighted by molar-refractivity contribution is -0.144. The molecular formula is C17H21NO4. The molecule has 1 aliphatic carbocycles. The van der Waals surface area contributed by atoms with Gasteiger partial charge >= 0.3 is 5.97 Å². The Hall–Kier alpha value is -2.30. The minimum atomic E-state index is -0.544. The van der Waals surface area contributed by atoms with Gasteiger partial charge in [0.2, 0.25) is 0 Å². The average molecular weight is 303 g/mol. The molecule has 1 aromatic carbocycles. The van der Waals surface area contributed by atoms with Crippen LogP contribution in [-0.2, 0) is 14.3 Å². The SMILES string of the molecule is COc1cccc(/C=C/C(=O)OCC(=O)N[C@H](C)C2CC2)c1. The number of methoxy groups -OCH3 is 1. The van der Waals surface area contributed by atoms with Crippen LogP contribution in [0.2, 0.25) is 0 Å². The normalized spacial score (nSPS) is 15.4. The number of carbonyl (C=O) groups excluding carboxylic acids is 2. The molecule has 1 N–H and O–H groups in total. The molecule has 0 bridgehead atoms. The standard InChI is InChI=1S/C17H21NO4/c1-12(14-7-8-14)18-16(19)11-22-17(20)9-6-13-4-3-5-15(10-13)21-2/h3-6,9-10,12,14H,7-8,11H2,1-2H3,(H,18,19)/b9-6+/t12-/m1/s1. The van der Waals surface area contributed by atoms with E-state index in [1.165, 1.54) is 6.08 Å². The fourth-order valence-electron chi connectivity index (χ4n) is 2.10. The Balaban J connectivity index is 1.74. The molecule has 0 unspecified atom stereocenters. The predicted octanol–water partition coefficient (Wildman–Crippen LogP) is 2.17. The molecule has 0 radical (unpaired) electrons. The van der Waals surface area contributed by atoms with Crippen molar-refractivity contribution in [1.29, 1.82) is 0 Å². The second-order valence-corrected chi connectivity index (χ2v) is 5.41. The van der Waals surface area contributed by atoms with Crippen LogP contribution in [0.25, 0.3) is 6.08 Å². The van der Waals surface area contributed by atoms with Crippen molar-refractivity contribution in [3.8, 4) is 5.75 Å². The number of amides is 1. The summed E-state index contributed by atoms with van der Waals surface area (Å²) in [5, 5.41) is 2.83. The van der Waals surface area contributed by atoms with Gasteiger partial charge < -0.3 is 14.8 Å². The Labute approximate surface area is 130 Å². The number of benzene rings is 1. The molecule has 0 saturated heterocycles. The molecule has 0 aromatic heterocycles. The third-order valence-electron chi connectivity index (χ3n) is 3.57. The number of nitrogens with one attached hydrogen (secondary N) is 1. The van der Waals surface area contributed by atoms with Crippen molar-refractivity contribution in [1.82, 2.24) is 5.32 Å². The largest absolute Gasteiger partial charge is 0.497 e. The monoisotopic (exact) mass is 303 g/mol. The molecule has 1 fully saturated rings. The van der Waals surface area contributed by atoms with Crippen LogP contribution in [-0.4, -0.2) is 31.6 Å². The van der Waals surface area contributed by atoms with Gasteiger partial charge in [0.05, 0.1) is 7.11 Å². The third kappa shape index (κ3) is 5.24. The molecule has 0 spiro atoms. The quantitative estimate of drug-likeness (QED) is 0.619. The van der Waals surface area contributed by atoms with E-state index in [9.17, 15) is 9.59 Å². The number of hydrogen-bond acceptors (Lipinski definition) is 4. The van der Waals surface area contributed by atoms with Crippen LogP contribution < -0.4 is 10.1 Å². The molecule has 118 valence electrons. The summed E-state index contributed by atoms with van der Waals surface area (Å²) >= 11 is 0. The first-order valence-electron chi connectivity index (χ1n) is 7.36. The molecule has 1 aliphatic rings. The zero-order chi connectivity index (χ0) is 15.9. The summed E-state index contributed by atoms with van der Waals surface area (Å²) in [6, 6.07) is 7.44. The molecule has 1 atom stereocenters. The molecule has 5 heteroatoms. The molecule has 22 heavy (non-hydrogen) atoms. The second-order valence-electron chi connectivity index (χ2n) is 5.41. The lowest BCUT2D eigenvalue weighted by Gasteiger charge is -2.12. The van der Waals surface area contributed by atoms with E-state index in [2.05, 4.69) is 5.32 Å².